The van der Waals surface area contributed by atoms with Gasteiger partial charge < -0.3 is 5.32 Å². The number of hydrogen-bond donors (Lipinski definition) is 1. The van der Waals surface area contributed by atoms with Crippen LogP contribution in [-0.2, 0) is 6.54 Å². The molecule has 2 aliphatic heterocycles. The zero-order chi connectivity index (χ0) is 12.4. The summed E-state index contributed by atoms with van der Waals surface area (Å²) in [5.74, 6) is 0. The van der Waals surface area contributed by atoms with E-state index in [-0.39, 0.29) is 0 Å². The third kappa shape index (κ3) is 2.76. The number of thiazole rings is 1. The van der Waals surface area contributed by atoms with Crippen molar-refractivity contribution >= 4 is 11.3 Å². The first-order valence-corrected chi connectivity index (χ1v) is 7.92. The number of rotatable bonds is 2. The highest BCUT2D eigenvalue weighted by Gasteiger charge is 2.36. The van der Waals surface area contributed by atoms with Crippen LogP contribution in [0.4, 0.5) is 0 Å². The van der Waals surface area contributed by atoms with Crippen LogP contribution in [-0.4, -0.2) is 36.1 Å². The lowest BCUT2D eigenvalue weighted by Gasteiger charge is -2.45. The average Bonchev–Trinajstić information content (AvgIpc) is 2.76. The molecular formula is C14H23N3S. The van der Waals surface area contributed by atoms with Crippen LogP contribution in [0, 0.1) is 12.3 Å². The molecule has 2 fully saturated rings. The monoisotopic (exact) mass is 265 g/mol. The fraction of sp³-hybridized carbons (Fsp3) is 0.786. The van der Waals surface area contributed by atoms with Crippen molar-refractivity contribution in [3.05, 3.63) is 16.1 Å². The van der Waals surface area contributed by atoms with Gasteiger partial charge in [-0.05, 0) is 51.1 Å². The van der Waals surface area contributed by atoms with E-state index in [2.05, 4.69) is 28.3 Å². The van der Waals surface area contributed by atoms with E-state index in [1.165, 1.54) is 61.7 Å². The Bertz CT molecular complexity index is 390. The summed E-state index contributed by atoms with van der Waals surface area (Å²) in [4.78, 5) is 8.43. The van der Waals surface area contributed by atoms with Crippen molar-refractivity contribution in [2.45, 2.75) is 39.2 Å². The van der Waals surface area contributed by atoms with Crippen LogP contribution in [0.2, 0.25) is 0 Å². The molecule has 1 unspecified atom stereocenters. The topological polar surface area (TPSA) is 28.2 Å². The van der Waals surface area contributed by atoms with Gasteiger partial charge in [0.15, 0.2) is 0 Å². The summed E-state index contributed by atoms with van der Waals surface area (Å²) < 4.78 is 0. The predicted molar refractivity (Wildman–Crippen MR) is 75.9 cm³/mol. The number of nitrogens with zero attached hydrogens (tertiary/aromatic N) is 2. The first-order valence-electron chi connectivity index (χ1n) is 7.10. The number of piperidine rings is 2. The quantitative estimate of drug-likeness (QED) is 0.890. The molecule has 0 bridgehead atoms. The SMILES string of the molecule is Cc1ncc(CN2CCCC3(CCCNC3)C2)s1. The van der Waals surface area contributed by atoms with Crippen molar-refractivity contribution < 1.29 is 0 Å². The summed E-state index contributed by atoms with van der Waals surface area (Å²) >= 11 is 1.85. The lowest BCUT2D eigenvalue weighted by Crippen LogP contribution is -2.50. The molecular weight excluding hydrogens is 242 g/mol. The van der Waals surface area contributed by atoms with Gasteiger partial charge in [0.1, 0.15) is 0 Å². The van der Waals surface area contributed by atoms with Gasteiger partial charge in [0, 0.05) is 30.7 Å². The van der Waals surface area contributed by atoms with Gasteiger partial charge >= 0.3 is 0 Å². The van der Waals surface area contributed by atoms with Crippen molar-refractivity contribution in [2.75, 3.05) is 26.2 Å². The van der Waals surface area contributed by atoms with Crippen molar-refractivity contribution in [3.8, 4) is 0 Å². The molecule has 1 aromatic rings. The van der Waals surface area contributed by atoms with Gasteiger partial charge in [0.05, 0.1) is 5.01 Å². The highest BCUT2D eigenvalue weighted by atomic mass is 32.1. The molecule has 18 heavy (non-hydrogen) atoms. The zero-order valence-electron chi connectivity index (χ0n) is 11.2. The van der Waals surface area contributed by atoms with Crippen LogP contribution >= 0.6 is 11.3 Å². The first-order chi connectivity index (χ1) is 8.76. The van der Waals surface area contributed by atoms with Gasteiger partial charge in [-0.15, -0.1) is 11.3 Å². The van der Waals surface area contributed by atoms with Gasteiger partial charge in [-0.1, -0.05) is 0 Å². The number of likely N-dealkylation sites (tertiary alicyclic amines) is 1. The normalized spacial score (nSPS) is 29.8. The Kier molecular flexibility index (Phi) is 3.68. The second-order valence-corrected chi connectivity index (χ2v) is 7.26. The molecule has 0 amide bonds. The zero-order valence-corrected chi connectivity index (χ0v) is 12.1. The molecule has 1 spiro atoms. The molecule has 100 valence electrons. The summed E-state index contributed by atoms with van der Waals surface area (Å²) in [7, 11) is 0. The predicted octanol–water partition coefficient (Wildman–Crippen LogP) is 2.42. The van der Waals surface area contributed by atoms with Crippen LogP contribution in [0.1, 0.15) is 35.6 Å². The van der Waals surface area contributed by atoms with Crippen LogP contribution in [0.15, 0.2) is 6.20 Å². The average molecular weight is 265 g/mol. The smallest absolute Gasteiger partial charge is 0.0897 e. The van der Waals surface area contributed by atoms with Gasteiger partial charge in [-0.3, -0.25) is 4.90 Å². The van der Waals surface area contributed by atoms with Crippen LogP contribution in [0.3, 0.4) is 0 Å². The lowest BCUT2D eigenvalue weighted by molar-refractivity contribution is 0.0606. The van der Waals surface area contributed by atoms with Crippen molar-refractivity contribution in [1.82, 2.24) is 15.2 Å². The third-order valence-corrected chi connectivity index (χ3v) is 5.25. The molecule has 4 heteroatoms. The molecule has 2 aliphatic rings. The minimum atomic E-state index is 0.566. The van der Waals surface area contributed by atoms with Gasteiger partial charge in [-0.25, -0.2) is 4.98 Å². The van der Waals surface area contributed by atoms with E-state index < -0.39 is 0 Å². The summed E-state index contributed by atoms with van der Waals surface area (Å²) in [5, 5.41) is 4.79. The summed E-state index contributed by atoms with van der Waals surface area (Å²) in [6.07, 6.45) is 7.60. The largest absolute Gasteiger partial charge is 0.316 e. The van der Waals surface area contributed by atoms with Crippen LogP contribution in [0.5, 0.6) is 0 Å². The van der Waals surface area contributed by atoms with Gasteiger partial charge in [0.2, 0.25) is 0 Å². The molecule has 2 saturated heterocycles. The van der Waals surface area contributed by atoms with E-state index >= 15 is 0 Å². The maximum absolute atomic E-state index is 4.37. The number of hydrogen-bond acceptors (Lipinski definition) is 4. The molecule has 0 aliphatic carbocycles. The van der Waals surface area contributed by atoms with E-state index in [9.17, 15) is 0 Å². The minimum Gasteiger partial charge on any atom is -0.316 e. The molecule has 1 aromatic heterocycles. The van der Waals surface area contributed by atoms with E-state index in [0.29, 0.717) is 5.41 Å². The Hall–Kier alpha value is -0.450. The Morgan fingerprint density at radius 3 is 3.06 bits per heavy atom. The molecule has 0 aromatic carbocycles. The number of aromatic nitrogens is 1. The molecule has 3 nitrogen and oxygen atoms in total. The minimum absolute atomic E-state index is 0.566. The Balaban J connectivity index is 1.63. The lowest BCUT2D eigenvalue weighted by atomic mass is 9.74. The molecule has 1 N–H and O–H groups in total. The maximum atomic E-state index is 4.37. The third-order valence-electron chi connectivity index (χ3n) is 4.35. The molecule has 3 heterocycles. The molecule has 3 rings (SSSR count). The highest BCUT2D eigenvalue weighted by Crippen LogP contribution is 2.36. The Morgan fingerprint density at radius 2 is 2.33 bits per heavy atom. The van der Waals surface area contributed by atoms with Gasteiger partial charge in [-0.2, -0.15) is 0 Å². The van der Waals surface area contributed by atoms with Crippen LogP contribution in [0.25, 0.3) is 0 Å². The molecule has 1 atom stereocenters. The summed E-state index contributed by atoms with van der Waals surface area (Å²) in [5.41, 5.74) is 0.566. The standard InChI is InChI=1S/C14H23N3S/c1-12-16-8-13(18-12)9-17-7-3-5-14(11-17)4-2-6-15-10-14/h8,15H,2-7,9-11H2,1H3. The Morgan fingerprint density at radius 1 is 1.44 bits per heavy atom. The molecule has 0 saturated carbocycles. The molecule has 0 radical (unpaired) electrons. The fourth-order valence-corrected chi connectivity index (χ4v) is 4.36. The van der Waals surface area contributed by atoms with E-state index in [0.717, 1.165) is 6.54 Å². The summed E-state index contributed by atoms with van der Waals surface area (Å²) in [6.45, 7) is 8.18. The maximum Gasteiger partial charge on any atom is 0.0897 e. The van der Waals surface area contributed by atoms with E-state index in [1.807, 2.05) is 11.3 Å². The highest BCUT2D eigenvalue weighted by molar-refractivity contribution is 7.11. The Labute approximate surface area is 114 Å². The van der Waals surface area contributed by atoms with Crippen LogP contribution < -0.4 is 5.32 Å². The van der Waals surface area contributed by atoms with Crippen molar-refractivity contribution in [3.63, 3.8) is 0 Å². The summed E-state index contributed by atoms with van der Waals surface area (Å²) in [6, 6.07) is 0. The fourth-order valence-electron chi connectivity index (χ4n) is 3.52. The van der Waals surface area contributed by atoms with Crippen molar-refractivity contribution in [1.29, 1.82) is 0 Å². The van der Waals surface area contributed by atoms with Gasteiger partial charge in [0.25, 0.3) is 0 Å². The first kappa shape index (κ1) is 12.6. The number of aryl methyl sites for hydroxylation is 1. The second kappa shape index (κ2) is 5.27. The number of nitrogens with one attached hydrogen (secondary N) is 1. The van der Waals surface area contributed by atoms with Crippen molar-refractivity contribution in [2.24, 2.45) is 5.41 Å². The van der Waals surface area contributed by atoms with E-state index in [4.69, 9.17) is 0 Å². The second-order valence-electron chi connectivity index (χ2n) is 5.94. The van der Waals surface area contributed by atoms with E-state index in [1.54, 1.807) is 0 Å².